The maximum atomic E-state index is 11.7. The maximum absolute atomic E-state index is 11.7. The second-order valence-electron chi connectivity index (χ2n) is 4.27. The quantitative estimate of drug-likeness (QED) is 0.785. The fourth-order valence-corrected chi connectivity index (χ4v) is 1.66. The average Bonchev–Trinajstić information content (AvgIpc) is 2.48. The van der Waals surface area contributed by atoms with Crippen molar-refractivity contribution in [2.45, 2.75) is 13.0 Å². The molecule has 1 amide bonds. The number of ether oxygens (including phenoxy) is 1. The van der Waals surface area contributed by atoms with Crippen LogP contribution in [0.3, 0.4) is 0 Å². The van der Waals surface area contributed by atoms with Gasteiger partial charge in [-0.05, 0) is 29.8 Å². The van der Waals surface area contributed by atoms with Crippen LogP contribution in [0, 0.1) is 0 Å². The lowest BCUT2D eigenvalue weighted by Crippen LogP contribution is -2.24. The summed E-state index contributed by atoms with van der Waals surface area (Å²) in [6, 6.07) is 10.9. The summed E-state index contributed by atoms with van der Waals surface area (Å²) >= 11 is 0. The van der Waals surface area contributed by atoms with E-state index in [-0.39, 0.29) is 5.91 Å². The minimum atomic E-state index is -0.0590. The number of hydrogen-bond acceptors (Lipinski definition) is 4. The number of aromatic nitrogens is 1. The van der Waals surface area contributed by atoms with Gasteiger partial charge in [0.25, 0.3) is 0 Å². The number of anilines is 1. The Morgan fingerprint density at radius 2 is 1.95 bits per heavy atom. The Labute approximate surface area is 117 Å². The highest BCUT2D eigenvalue weighted by Crippen LogP contribution is 2.19. The number of pyridine rings is 1. The molecule has 0 aliphatic rings. The molecule has 0 atom stereocenters. The molecule has 0 spiro atoms. The zero-order valence-corrected chi connectivity index (χ0v) is 11.1. The summed E-state index contributed by atoms with van der Waals surface area (Å²) in [5.74, 6) is 0.547. The number of hydrogen-bond donors (Lipinski definition) is 2. The van der Waals surface area contributed by atoms with Gasteiger partial charge in [0.1, 0.15) is 5.75 Å². The molecule has 2 rings (SSSR count). The Balaban J connectivity index is 1.69. The standard InChI is InChI=1S/C15H17N3O2/c16-13-3-1-2-4-14(13)20-10-7-15(19)18-11-12-5-8-17-9-6-12/h1-6,8-9H,7,10-11,16H2,(H,18,19). The monoisotopic (exact) mass is 271 g/mol. The lowest BCUT2D eigenvalue weighted by molar-refractivity contribution is -0.121. The summed E-state index contributed by atoms with van der Waals surface area (Å²) < 4.78 is 5.46. The number of rotatable bonds is 6. The zero-order valence-electron chi connectivity index (χ0n) is 11.1. The molecular formula is C15H17N3O2. The molecule has 0 fully saturated rings. The molecule has 0 aliphatic carbocycles. The van der Waals surface area contributed by atoms with Gasteiger partial charge < -0.3 is 15.8 Å². The molecule has 0 aliphatic heterocycles. The Kier molecular flexibility index (Phi) is 4.94. The van der Waals surface area contributed by atoms with Crippen molar-refractivity contribution < 1.29 is 9.53 Å². The molecule has 0 saturated heterocycles. The number of benzene rings is 1. The number of nitrogen functional groups attached to an aromatic ring is 1. The number of nitrogens with zero attached hydrogens (tertiary/aromatic N) is 1. The van der Waals surface area contributed by atoms with E-state index in [4.69, 9.17) is 10.5 Å². The van der Waals surface area contributed by atoms with E-state index in [9.17, 15) is 4.79 Å². The third kappa shape index (κ3) is 4.28. The highest BCUT2D eigenvalue weighted by molar-refractivity contribution is 5.76. The number of nitrogens with two attached hydrogens (primary N) is 1. The molecule has 1 aromatic carbocycles. The number of nitrogens with one attached hydrogen (secondary N) is 1. The Hall–Kier alpha value is -2.56. The molecule has 0 unspecified atom stereocenters. The number of para-hydroxylation sites is 2. The molecule has 5 heteroatoms. The molecule has 5 nitrogen and oxygen atoms in total. The van der Waals surface area contributed by atoms with Gasteiger partial charge in [-0.2, -0.15) is 0 Å². The average molecular weight is 271 g/mol. The van der Waals surface area contributed by atoms with Crippen molar-refractivity contribution in [3.8, 4) is 5.75 Å². The highest BCUT2D eigenvalue weighted by Gasteiger charge is 2.03. The van der Waals surface area contributed by atoms with Crippen molar-refractivity contribution in [1.29, 1.82) is 0 Å². The Morgan fingerprint density at radius 3 is 2.70 bits per heavy atom. The molecule has 0 radical (unpaired) electrons. The van der Waals surface area contributed by atoms with Gasteiger partial charge >= 0.3 is 0 Å². The molecule has 104 valence electrons. The molecule has 0 saturated carbocycles. The van der Waals surface area contributed by atoms with Crippen molar-refractivity contribution >= 4 is 11.6 Å². The van der Waals surface area contributed by atoms with Crippen molar-refractivity contribution in [2.24, 2.45) is 0 Å². The van der Waals surface area contributed by atoms with Gasteiger partial charge in [-0.15, -0.1) is 0 Å². The van der Waals surface area contributed by atoms with E-state index in [2.05, 4.69) is 10.3 Å². The maximum Gasteiger partial charge on any atom is 0.223 e. The van der Waals surface area contributed by atoms with E-state index < -0.39 is 0 Å². The normalized spacial score (nSPS) is 10.0. The van der Waals surface area contributed by atoms with Gasteiger partial charge in [0.05, 0.1) is 18.7 Å². The molecule has 1 heterocycles. The predicted octanol–water partition coefficient (Wildman–Crippen LogP) is 1.75. The molecule has 20 heavy (non-hydrogen) atoms. The first-order valence-corrected chi connectivity index (χ1v) is 6.38. The van der Waals surface area contributed by atoms with Crippen LogP contribution in [0.4, 0.5) is 5.69 Å². The van der Waals surface area contributed by atoms with E-state index >= 15 is 0 Å². The summed E-state index contributed by atoms with van der Waals surface area (Å²) in [4.78, 5) is 15.6. The van der Waals surface area contributed by atoms with E-state index in [1.165, 1.54) is 0 Å². The van der Waals surface area contributed by atoms with Crippen LogP contribution in [-0.4, -0.2) is 17.5 Å². The summed E-state index contributed by atoms with van der Waals surface area (Å²) in [6.45, 7) is 0.797. The van der Waals surface area contributed by atoms with Crippen LogP contribution in [0.5, 0.6) is 5.75 Å². The van der Waals surface area contributed by atoms with Crippen LogP contribution in [0.25, 0.3) is 0 Å². The third-order valence-electron chi connectivity index (χ3n) is 2.74. The van der Waals surface area contributed by atoms with Crippen LogP contribution in [0.2, 0.25) is 0 Å². The van der Waals surface area contributed by atoms with E-state index in [0.717, 1.165) is 5.56 Å². The Morgan fingerprint density at radius 1 is 1.20 bits per heavy atom. The number of carbonyl (C=O) groups excluding carboxylic acids is 1. The van der Waals surface area contributed by atoms with Crippen LogP contribution < -0.4 is 15.8 Å². The summed E-state index contributed by atoms with van der Waals surface area (Å²) in [7, 11) is 0. The van der Waals surface area contributed by atoms with Gasteiger partial charge in [-0.3, -0.25) is 9.78 Å². The summed E-state index contributed by atoms with van der Waals surface area (Å²) in [6.07, 6.45) is 3.69. The van der Waals surface area contributed by atoms with E-state index in [1.54, 1.807) is 24.5 Å². The van der Waals surface area contributed by atoms with Gasteiger partial charge in [0.15, 0.2) is 0 Å². The van der Waals surface area contributed by atoms with E-state index in [0.29, 0.717) is 31.0 Å². The van der Waals surface area contributed by atoms with Gasteiger partial charge in [-0.1, -0.05) is 12.1 Å². The highest BCUT2D eigenvalue weighted by atomic mass is 16.5. The molecule has 0 bridgehead atoms. The lowest BCUT2D eigenvalue weighted by Gasteiger charge is -2.09. The minimum Gasteiger partial charge on any atom is -0.491 e. The van der Waals surface area contributed by atoms with Crippen LogP contribution in [0.1, 0.15) is 12.0 Å². The second-order valence-corrected chi connectivity index (χ2v) is 4.27. The van der Waals surface area contributed by atoms with Crippen molar-refractivity contribution in [3.63, 3.8) is 0 Å². The number of carbonyl (C=O) groups is 1. The van der Waals surface area contributed by atoms with Crippen molar-refractivity contribution in [3.05, 3.63) is 54.4 Å². The van der Waals surface area contributed by atoms with Crippen LogP contribution in [-0.2, 0) is 11.3 Å². The minimum absolute atomic E-state index is 0.0590. The third-order valence-corrected chi connectivity index (χ3v) is 2.74. The topological polar surface area (TPSA) is 77.2 Å². The van der Waals surface area contributed by atoms with Gasteiger partial charge in [-0.25, -0.2) is 0 Å². The largest absolute Gasteiger partial charge is 0.491 e. The van der Waals surface area contributed by atoms with Gasteiger partial charge in [0.2, 0.25) is 5.91 Å². The Bertz CT molecular complexity index is 558. The molecule has 1 aromatic heterocycles. The zero-order chi connectivity index (χ0) is 14.2. The summed E-state index contributed by atoms with van der Waals surface area (Å²) in [5, 5.41) is 2.82. The second kappa shape index (κ2) is 7.13. The fourth-order valence-electron chi connectivity index (χ4n) is 1.66. The fraction of sp³-hybridized carbons (Fsp3) is 0.200. The van der Waals surface area contributed by atoms with Crippen LogP contribution in [0.15, 0.2) is 48.8 Å². The lowest BCUT2D eigenvalue weighted by atomic mass is 10.2. The smallest absolute Gasteiger partial charge is 0.223 e. The first-order valence-electron chi connectivity index (χ1n) is 6.38. The summed E-state index contributed by atoms with van der Waals surface area (Å²) in [5.41, 5.74) is 7.33. The SMILES string of the molecule is Nc1ccccc1OCCC(=O)NCc1ccncc1. The first kappa shape index (κ1) is 13.9. The number of amides is 1. The van der Waals surface area contributed by atoms with Crippen molar-refractivity contribution in [1.82, 2.24) is 10.3 Å². The van der Waals surface area contributed by atoms with Gasteiger partial charge in [0, 0.05) is 18.9 Å². The molecule has 3 N–H and O–H groups in total. The predicted molar refractivity (Wildman–Crippen MR) is 77.1 cm³/mol. The van der Waals surface area contributed by atoms with Crippen LogP contribution >= 0.6 is 0 Å². The first-order chi connectivity index (χ1) is 9.75. The molecular weight excluding hydrogens is 254 g/mol. The van der Waals surface area contributed by atoms with Crippen molar-refractivity contribution in [2.75, 3.05) is 12.3 Å². The molecule has 2 aromatic rings. The van der Waals surface area contributed by atoms with E-state index in [1.807, 2.05) is 24.3 Å².